The minimum absolute atomic E-state index is 0.0199. The van der Waals surface area contributed by atoms with E-state index in [9.17, 15) is 4.79 Å². The lowest BCUT2D eigenvalue weighted by molar-refractivity contribution is 0.102. The first kappa shape index (κ1) is 15.8. The van der Waals surface area contributed by atoms with Crippen molar-refractivity contribution >= 4 is 44.9 Å². The Labute approximate surface area is 141 Å². The van der Waals surface area contributed by atoms with E-state index in [0.717, 1.165) is 16.0 Å². The van der Waals surface area contributed by atoms with Crippen molar-refractivity contribution < 1.29 is 9.53 Å². The van der Waals surface area contributed by atoms with Gasteiger partial charge in [0, 0.05) is 5.56 Å². The Hall–Kier alpha value is -2.12. The molecule has 0 aliphatic rings. The van der Waals surface area contributed by atoms with Gasteiger partial charge in [0.25, 0.3) is 0 Å². The highest BCUT2D eigenvalue weighted by Crippen LogP contribution is 2.26. The molecule has 5 nitrogen and oxygen atoms in total. The summed E-state index contributed by atoms with van der Waals surface area (Å²) in [5.41, 5.74) is 6.55. The van der Waals surface area contributed by atoms with Crippen LogP contribution in [0.4, 0.5) is 5.82 Å². The molecule has 0 atom stereocenters. The number of Topliss-reactive ketones (excluding diaryl/α,β-unsaturated/α-hetero) is 1. The molecule has 0 bridgehead atoms. The average molecular weight is 345 g/mol. The van der Waals surface area contributed by atoms with Gasteiger partial charge in [0.05, 0.1) is 17.7 Å². The highest BCUT2D eigenvalue weighted by atomic mass is 32.2. The molecule has 23 heavy (non-hydrogen) atoms. The second-order valence-corrected chi connectivity index (χ2v) is 6.54. The molecule has 2 N–H and O–H groups in total. The Morgan fingerprint density at radius 2 is 2.04 bits per heavy atom. The second kappa shape index (κ2) is 6.97. The number of rotatable bonds is 6. The number of hydrogen-bond donors (Lipinski definition) is 1. The maximum absolute atomic E-state index is 12.2. The Morgan fingerprint density at radius 1 is 1.26 bits per heavy atom. The Kier molecular flexibility index (Phi) is 4.78. The molecule has 0 aliphatic carbocycles. The van der Waals surface area contributed by atoms with Gasteiger partial charge in [-0.05, 0) is 42.6 Å². The van der Waals surface area contributed by atoms with Gasteiger partial charge in [-0.1, -0.05) is 11.8 Å². The Bertz CT molecular complexity index is 831. The van der Waals surface area contributed by atoms with Crippen LogP contribution in [0.1, 0.15) is 17.3 Å². The van der Waals surface area contributed by atoms with E-state index in [1.165, 1.54) is 23.1 Å². The topological polar surface area (TPSA) is 78.1 Å². The zero-order valence-electron chi connectivity index (χ0n) is 12.5. The molecular weight excluding hydrogens is 330 g/mol. The molecule has 0 unspecified atom stereocenters. The van der Waals surface area contributed by atoms with E-state index in [2.05, 4.69) is 9.97 Å². The van der Waals surface area contributed by atoms with Crippen molar-refractivity contribution in [2.75, 3.05) is 18.1 Å². The van der Waals surface area contributed by atoms with Gasteiger partial charge in [0.1, 0.15) is 16.4 Å². The summed E-state index contributed by atoms with van der Waals surface area (Å²) in [4.78, 5) is 21.7. The monoisotopic (exact) mass is 345 g/mol. The summed E-state index contributed by atoms with van der Waals surface area (Å²) in [5, 5.41) is 3.31. The van der Waals surface area contributed by atoms with Crippen LogP contribution in [0.25, 0.3) is 10.2 Å². The van der Waals surface area contributed by atoms with Gasteiger partial charge in [-0.3, -0.25) is 4.79 Å². The number of carbonyl (C=O) groups excluding carboxylic acids is 1. The molecule has 0 radical (unpaired) electrons. The van der Waals surface area contributed by atoms with Crippen LogP contribution in [-0.2, 0) is 0 Å². The number of ketones is 1. The number of benzene rings is 1. The van der Waals surface area contributed by atoms with E-state index < -0.39 is 0 Å². The zero-order valence-corrected chi connectivity index (χ0v) is 14.1. The number of thiophene rings is 1. The molecule has 3 aromatic rings. The molecule has 118 valence electrons. The second-order valence-electron chi connectivity index (χ2n) is 4.70. The largest absolute Gasteiger partial charge is 0.494 e. The van der Waals surface area contributed by atoms with E-state index in [-0.39, 0.29) is 11.5 Å². The summed E-state index contributed by atoms with van der Waals surface area (Å²) in [5.74, 6) is 1.50. The van der Waals surface area contributed by atoms with Crippen LogP contribution in [0.5, 0.6) is 5.75 Å². The Morgan fingerprint density at radius 3 is 2.78 bits per heavy atom. The number of fused-ring (bicyclic) bond motifs is 1. The number of nitrogen functional groups attached to an aromatic ring is 1. The lowest BCUT2D eigenvalue weighted by Crippen LogP contribution is -2.04. The molecule has 0 saturated heterocycles. The number of nitrogens with zero attached hydrogens (tertiary/aromatic N) is 2. The van der Waals surface area contributed by atoms with Gasteiger partial charge in [-0.2, -0.15) is 0 Å². The maximum Gasteiger partial charge on any atom is 0.191 e. The summed E-state index contributed by atoms with van der Waals surface area (Å²) in [6.07, 6.45) is 0. The van der Waals surface area contributed by atoms with E-state index in [1.807, 2.05) is 18.4 Å². The van der Waals surface area contributed by atoms with E-state index in [4.69, 9.17) is 10.5 Å². The van der Waals surface area contributed by atoms with Crippen LogP contribution in [0.3, 0.4) is 0 Å². The van der Waals surface area contributed by atoms with Crippen molar-refractivity contribution in [1.82, 2.24) is 9.97 Å². The van der Waals surface area contributed by atoms with Gasteiger partial charge in [-0.25, -0.2) is 9.97 Å². The van der Waals surface area contributed by atoms with Crippen molar-refractivity contribution in [3.63, 3.8) is 0 Å². The summed E-state index contributed by atoms with van der Waals surface area (Å²) in [6.45, 7) is 2.53. The molecule has 2 heterocycles. The van der Waals surface area contributed by atoms with Crippen molar-refractivity contribution in [2.24, 2.45) is 0 Å². The number of nitrogens with two attached hydrogens (primary N) is 1. The maximum atomic E-state index is 12.2. The summed E-state index contributed by atoms with van der Waals surface area (Å²) >= 11 is 2.80. The smallest absolute Gasteiger partial charge is 0.191 e. The third-order valence-electron chi connectivity index (χ3n) is 3.15. The van der Waals surface area contributed by atoms with Crippen LogP contribution < -0.4 is 10.5 Å². The quantitative estimate of drug-likeness (QED) is 0.417. The molecule has 3 rings (SSSR count). The number of thioether (sulfide) groups is 1. The van der Waals surface area contributed by atoms with E-state index >= 15 is 0 Å². The molecular formula is C16H15N3O2S2. The van der Waals surface area contributed by atoms with Gasteiger partial charge < -0.3 is 10.5 Å². The standard InChI is InChI=1S/C16H15N3O2S2/c1-2-21-11-5-3-10(4-6-11)13(20)9-23-16-18-14(17)12-7-8-22-15(12)19-16/h3-8H,2,9H2,1H3,(H2,17,18,19). The van der Waals surface area contributed by atoms with Crippen molar-refractivity contribution in [3.8, 4) is 5.75 Å². The van der Waals surface area contributed by atoms with Crippen molar-refractivity contribution in [3.05, 3.63) is 41.3 Å². The third kappa shape index (κ3) is 3.62. The number of carbonyl (C=O) groups is 1. The minimum Gasteiger partial charge on any atom is -0.494 e. The normalized spacial score (nSPS) is 10.8. The molecule has 0 amide bonds. The van der Waals surface area contributed by atoms with E-state index in [1.54, 1.807) is 24.3 Å². The minimum atomic E-state index is 0.0199. The first-order valence-corrected chi connectivity index (χ1v) is 8.93. The summed E-state index contributed by atoms with van der Waals surface area (Å²) < 4.78 is 5.37. The number of aromatic nitrogens is 2. The number of ether oxygens (including phenoxy) is 1. The summed E-state index contributed by atoms with van der Waals surface area (Å²) in [6, 6.07) is 9.03. The SMILES string of the molecule is CCOc1ccc(C(=O)CSc2nc(N)c3ccsc3n2)cc1. The summed E-state index contributed by atoms with van der Waals surface area (Å²) in [7, 11) is 0. The fraction of sp³-hybridized carbons (Fsp3) is 0.188. The predicted molar refractivity (Wildman–Crippen MR) is 94.5 cm³/mol. The van der Waals surface area contributed by atoms with Crippen LogP contribution in [-0.4, -0.2) is 28.1 Å². The number of hydrogen-bond acceptors (Lipinski definition) is 7. The molecule has 0 aliphatic heterocycles. The van der Waals surface area contributed by atoms with E-state index in [0.29, 0.717) is 23.1 Å². The van der Waals surface area contributed by atoms with Gasteiger partial charge >= 0.3 is 0 Å². The fourth-order valence-electron chi connectivity index (χ4n) is 2.04. The molecule has 0 fully saturated rings. The van der Waals surface area contributed by atoms with Crippen LogP contribution in [0.15, 0.2) is 40.9 Å². The van der Waals surface area contributed by atoms with Crippen molar-refractivity contribution in [1.29, 1.82) is 0 Å². The van der Waals surface area contributed by atoms with Crippen molar-refractivity contribution in [2.45, 2.75) is 12.1 Å². The predicted octanol–water partition coefficient (Wildman–Crippen LogP) is 3.65. The highest BCUT2D eigenvalue weighted by Gasteiger charge is 2.11. The number of anilines is 1. The lowest BCUT2D eigenvalue weighted by atomic mass is 10.1. The van der Waals surface area contributed by atoms with Gasteiger partial charge in [0.15, 0.2) is 10.9 Å². The van der Waals surface area contributed by atoms with Crippen LogP contribution in [0.2, 0.25) is 0 Å². The lowest BCUT2D eigenvalue weighted by Gasteiger charge is -2.05. The molecule has 7 heteroatoms. The first-order valence-electron chi connectivity index (χ1n) is 7.07. The zero-order chi connectivity index (χ0) is 16.2. The third-order valence-corrected chi connectivity index (χ3v) is 4.81. The van der Waals surface area contributed by atoms with Gasteiger partial charge in [0.2, 0.25) is 0 Å². The highest BCUT2D eigenvalue weighted by molar-refractivity contribution is 7.99. The van der Waals surface area contributed by atoms with Gasteiger partial charge in [-0.15, -0.1) is 11.3 Å². The fourth-order valence-corrected chi connectivity index (χ4v) is 3.61. The van der Waals surface area contributed by atoms with Crippen LogP contribution in [0, 0.1) is 0 Å². The average Bonchev–Trinajstić information content (AvgIpc) is 3.03. The molecule has 2 aromatic heterocycles. The molecule has 0 spiro atoms. The first-order chi connectivity index (χ1) is 11.2. The molecule has 0 saturated carbocycles. The Balaban J connectivity index is 1.67. The van der Waals surface area contributed by atoms with Crippen LogP contribution >= 0.6 is 23.1 Å². The molecule has 1 aromatic carbocycles.